The van der Waals surface area contributed by atoms with Crippen LogP contribution in [0.25, 0.3) is 0 Å². The van der Waals surface area contributed by atoms with E-state index in [1.165, 1.54) is 11.8 Å². The fourth-order valence-electron chi connectivity index (χ4n) is 3.04. The molecule has 0 aliphatic rings. The van der Waals surface area contributed by atoms with Gasteiger partial charge in [0.1, 0.15) is 0 Å². The number of aliphatic carboxylic acids is 1. The predicted molar refractivity (Wildman–Crippen MR) is 130 cm³/mol. The number of hydrogen-bond acceptors (Lipinski definition) is 8. The topological polar surface area (TPSA) is 119 Å². The molecule has 176 valence electrons. The first-order valence-electron chi connectivity index (χ1n) is 10.7. The number of nitrogens with two attached hydrogens (primary N) is 1. The maximum atomic E-state index is 13.0. The predicted octanol–water partition coefficient (Wildman–Crippen LogP) is 0.0464. The molecule has 0 fully saturated rings. The zero-order valence-electron chi connectivity index (χ0n) is 18.7. The van der Waals surface area contributed by atoms with Gasteiger partial charge in [0, 0.05) is 30.9 Å². The molecule has 7 nitrogen and oxygen atoms in total. The van der Waals surface area contributed by atoms with E-state index in [9.17, 15) is 14.7 Å². The Hall–Kier alpha value is -1.26. The first kappa shape index (κ1) is 27.8. The van der Waals surface area contributed by atoms with Gasteiger partial charge in [0.05, 0.1) is 18.1 Å². The molecule has 0 saturated heterocycles. The van der Waals surface area contributed by atoms with E-state index in [1.807, 2.05) is 36.6 Å². The lowest BCUT2D eigenvalue weighted by atomic mass is 10.0. The van der Waals surface area contributed by atoms with Crippen molar-refractivity contribution >= 4 is 36.3 Å². The van der Waals surface area contributed by atoms with Crippen molar-refractivity contribution in [2.75, 3.05) is 30.9 Å². The number of carbonyl (C=O) groups excluding carboxylic acids is 2. The number of thioether (sulfide) groups is 1. The Bertz CT molecular complexity index is 649. The van der Waals surface area contributed by atoms with Gasteiger partial charge in [-0.05, 0) is 36.3 Å². The van der Waals surface area contributed by atoms with E-state index in [2.05, 4.69) is 42.4 Å². The number of rotatable bonds is 16. The molecule has 0 aromatic heterocycles. The molecule has 9 heteroatoms. The number of nitrogens with one attached hydrogen (secondary N) is 3. The zero-order valence-corrected chi connectivity index (χ0v) is 20.4. The van der Waals surface area contributed by atoms with E-state index in [0.717, 1.165) is 5.56 Å². The minimum Gasteiger partial charge on any atom is -0.548 e. The summed E-state index contributed by atoms with van der Waals surface area (Å²) in [7, 11) is 0. The fourth-order valence-corrected chi connectivity index (χ4v) is 3.64. The monoisotopic (exact) mass is 469 g/mol. The Morgan fingerprint density at radius 2 is 1.81 bits per heavy atom. The Labute approximate surface area is 196 Å². The van der Waals surface area contributed by atoms with E-state index in [1.54, 1.807) is 0 Å². The molecule has 0 unspecified atom stereocenters. The highest BCUT2D eigenvalue weighted by atomic mass is 32.2. The third-order valence-corrected chi connectivity index (χ3v) is 6.19. The molecule has 1 amide bonds. The standard InChI is InChI=1S/C22H38N4O3S2/c1-15(2)20(24-12-17(23)14-30)13-25-19(11-16-7-5-4-6-8-16)21(27)26-18(22(28)29)9-10-31-3/h4-8,15,17-20,24-25,30H,9-14,23H2,1-3H3,(H,26,27)(H,28,29)/p-1/t17-,18+,19+,20-/m1/s1. The zero-order chi connectivity index (χ0) is 23.2. The summed E-state index contributed by atoms with van der Waals surface area (Å²) in [6, 6.07) is 8.15. The summed E-state index contributed by atoms with van der Waals surface area (Å²) < 4.78 is 0. The van der Waals surface area contributed by atoms with Crippen molar-refractivity contribution in [1.82, 2.24) is 16.0 Å². The maximum Gasteiger partial charge on any atom is 0.238 e. The van der Waals surface area contributed by atoms with Gasteiger partial charge in [-0.25, -0.2) is 0 Å². The number of benzene rings is 1. The number of carboxylic acid groups (broad SMARTS) is 1. The molecule has 1 aromatic rings. The summed E-state index contributed by atoms with van der Waals surface area (Å²) in [6.07, 6.45) is 2.67. The smallest absolute Gasteiger partial charge is 0.238 e. The molecule has 0 aliphatic carbocycles. The van der Waals surface area contributed by atoms with Crippen LogP contribution in [0.4, 0.5) is 0 Å². The molecular formula is C22H37N4O3S2-. The maximum absolute atomic E-state index is 13.0. The van der Waals surface area contributed by atoms with Crippen molar-refractivity contribution in [2.45, 2.75) is 50.9 Å². The van der Waals surface area contributed by atoms with Gasteiger partial charge in [0.15, 0.2) is 0 Å². The normalized spacial score (nSPS) is 15.3. The van der Waals surface area contributed by atoms with Gasteiger partial charge in [-0.2, -0.15) is 24.4 Å². The lowest BCUT2D eigenvalue weighted by Gasteiger charge is -2.28. The van der Waals surface area contributed by atoms with E-state index >= 15 is 0 Å². The number of carboxylic acids is 1. The lowest BCUT2D eigenvalue weighted by molar-refractivity contribution is -0.308. The third-order valence-electron chi connectivity index (χ3n) is 5.08. The van der Waals surface area contributed by atoms with Crippen molar-refractivity contribution in [3.05, 3.63) is 35.9 Å². The Morgan fingerprint density at radius 3 is 2.35 bits per heavy atom. The minimum absolute atomic E-state index is 0.0479. The molecule has 0 aliphatic heterocycles. The van der Waals surface area contributed by atoms with E-state index < -0.39 is 18.1 Å². The highest BCUT2D eigenvalue weighted by Crippen LogP contribution is 2.07. The van der Waals surface area contributed by atoms with Crippen LogP contribution in [0.2, 0.25) is 0 Å². The van der Waals surface area contributed by atoms with Crippen molar-refractivity contribution in [1.29, 1.82) is 0 Å². The second-order valence-electron chi connectivity index (χ2n) is 8.01. The molecule has 0 spiro atoms. The third kappa shape index (κ3) is 11.2. The molecule has 0 radical (unpaired) electrons. The van der Waals surface area contributed by atoms with E-state index in [4.69, 9.17) is 5.73 Å². The number of thiol groups is 1. The molecule has 31 heavy (non-hydrogen) atoms. The molecule has 4 atom stereocenters. The van der Waals surface area contributed by atoms with Crippen molar-refractivity contribution in [3.63, 3.8) is 0 Å². The van der Waals surface area contributed by atoms with Crippen molar-refractivity contribution < 1.29 is 14.7 Å². The van der Waals surface area contributed by atoms with Crippen LogP contribution < -0.4 is 26.8 Å². The Kier molecular flexibility index (Phi) is 13.9. The summed E-state index contributed by atoms with van der Waals surface area (Å²) in [6.45, 7) is 5.38. The molecule has 5 N–H and O–H groups in total. The molecule has 0 heterocycles. The summed E-state index contributed by atoms with van der Waals surface area (Å²) in [5.41, 5.74) is 6.96. The van der Waals surface area contributed by atoms with Gasteiger partial charge in [-0.15, -0.1) is 0 Å². The highest BCUT2D eigenvalue weighted by Gasteiger charge is 2.24. The summed E-state index contributed by atoms with van der Waals surface area (Å²) in [5.74, 6) is -0.0691. The Morgan fingerprint density at radius 1 is 1.13 bits per heavy atom. The van der Waals surface area contributed by atoms with Crippen LogP contribution in [-0.2, 0) is 16.0 Å². The largest absolute Gasteiger partial charge is 0.548 e. The number of amides is 1. The second kappa shape index (κ2) is 15.5. The van der Waals surface area contributed by atoms with Gasteiger partial charge in [-0.3, -0.25) is 4.79 Å². The van der Waals surface area contributed by atoms with Gasteiger partial charge < -0.3 is 31.6 Å². The summed E-state index contributed by atoms with van der Waals surface area (Å²) in [4.78, 5) is 24.5. The quantitative estimate of drug-likeness (QED) is 0.217. The molecule has 1 aromatic carbocycles. The van der Waals surface area contributed by atoms with Crippen LogP contribution in [0, 0.1) is 5.92 Å². The van der Waals surface area contributed by atoms with E-state index in [0.29, 0.717) is 43.4 Å². The SMILES string of the molecule is CSCC[C@H](NC(=O)[C@H](Cc1ccccc1)NC[C@@H](NC[C@@H](N)CS)C(C)C)C(=O)[O-]. The minimum atomic E-state index is -1.26. The average Bonchev–Trinajstić information content (AvgIpc) is 2.75. The van der Waals surface area contributed by atoms with Gasteiger partial charge in [-0.1, -0.05) is 44.2 Å². The van der Waals surface area contributed by atoms with Gasteiger partial charge in [0.25, 0.3) is 0 Å². The van der Waals surface area contributed by atoms with Crippen LogP contribution >= 0.6 is 24.4 Å². The molecule has 0 saturated carbocycles. The van der Waals surface area contributed by atoms with Crippen molar-refractivity contribution in [3.8, 4) is 0 Å². The van der Waals surface area contributed by atoms with Crippen LogP contribution in [-0.4, -0.2) is 66.9 Å². The van der Waals surface area contributed by atoms with Crippen LogP contribution in [0.1, 0.15) is 25.8 Å². The van der Waals surface area contributed by atoms with Crippen LogP contribution in [0.5, 0.6) is 0 Å². The highest BCUT2D eigenvalue weighted by molar-refractivity contribution is 7.98. The number of carbonyl (C=O) groups is 2. The van der Waals surface area contributed by atoms with Crippen LogP contribution in [0.15, 0.2) is 30.3 Å². The molecule has 0 bridgehead atoms. The van der Waals surface area contributed by atoms with Gasteiger partial charge >= 0.3 is 0 Å². The van der Waals surface area contributed by atoms with Crippen molar-refractivity contribution in [2.24, 2.45) is 11.7 Å². The number of hydrogen-bond donors (Lipinski definition) is 5. The molecular weight excluding hydrogens is 432 g/mol. The Balaban J connectivity index is 2.86. The first-order chi connectivity index (χ1) is 14.8. The van der Waals surface area contributed by atoms with Gasteiger partial charge in [0.2, 0.25) is 5.91 Å². The summed E-state index contributed by atoms with van der Waals surface area (Å²) in [5, 5.41) is 20.9. The first-order valence-corrected chi connectivity index (χ1v) is 12.7. The molecule has 1 rings (SSSR count). The van der Waals surface area contributed by atoms with E-state index in [-0.39, 0.29) is 18.0 Å². The average molecular weight is 470 g/mol. The van der Waals surface area contributed by atoms with Crippen LogP contribution in [0.3, 0.4) is 0 Å². The second-order valence-corrected chi connectivity index (χ2v) is 9.36. The lowest BCUT2D eigenvalue weighted by Crippen LogP contribution is -2.56. The summed E-state index contributed by atoms with van der Waals surface area (Å²) >= 11 is 5.75. The fraction of sp³-hybridized carbons (Fsp3) is 0.636.